The van der Waals surface area contributed by atoms with Crippen molar-refractivity contribution < 1.29 is 28.6 Å². The second-order valence-corrected chi connectivity index (χ2v) is 10.1. The SMILES string of the molecule is CC(C)(C)OC(=O)NN(Cc1ccoc1)C[C@H](O)[C@H](Cc1ccccc1)NC(=O)OCc1cncs1. The van der Waals surface area contributed by atoms with Gasteiger partial charge in [-0.1, -0.05) is 30.3 Å². The van der Waals surface area contributed by atoms with E-state index in [0.29, 0.717) is 6.42 Å². The lowest BCUT2D eigenvalue weighted by Gasteiger charge is -2.30. The van der Waals surface area contributed by atoms with Crippen LogP contribution in [0.15, 0.2) is 65.0 Å². The lowest BCUT2D eigenvalue weighted by molar-refractivity contribution is 0.0141. The van der Waals surface area contributed by atoms with Gasteiger partial charge in [-0.3, -0.25) is 10.4 Å². The zero-order chi connectivity index (χ0) is 26.0. The highest BCUT2D eigenvalue weighted by atomic mass is 32.1. The van der Waals surface area contributed by atoms with Crippen LogP contribution >= 0.6 is 11.3 Å². The predicted molar refractivity (Wildman–Crippen MR) is 134 cm³/mol. The first-order valence-electron chi connectivity index (χ1n) is 11.5. The summed E-state index contributed by atoms with van der Waals surface area (Å²) in [6, 6.07) is 10.5. The third-order valence-electron chi connectivity index (χ3n) is 4.90. The third-order valence-corrected chi connectivity index (χ3v) is 5.66. The van der Waals surface area contributed by atoms with Crippen LogP contribution in [-0.2, 0) is 29.0 Å². The van der Waals surface area contributed by atoms with Crippen LogP contribution in [-0.4, -0.2) is 51.6 Å². The lowest BCUT2D eigenvalue weighted by atomic mass is 10.0. The Kier molecular flexibility index (Phi) is 9.86. The standard InChI is InChI=1S/C25H32N4O6S/c1-25(2,3)35-24(32)28-29(13-19-9-10-33-15-19)14-22(30)21(11-18-7-5-4-6-8-18)27-23(31)34-16-20-12-26-17-36-20/h4-10,12,15,17,21-22,30H,11,13-14,16H2,1-3H3,(H,27,31)(H,28,32)/t21-,22-/m0/s1. The molecule has 2 atom stereocenters. The summed E-state index contributed by atoms with van der Waals surface area (Å²) in [4.78, 5) is 29.8. The summed E-state index contributed by atoms with van der Waals surface area (Å²) in [6.07, 6.45) is 2.67. The molecule has 2 heterocycles. The minimum atomic E-state index is -1.07. The Bertz CT molecular complexity index is 1050. The number of alkyl carbamates (subject to hydrolysis) is 1. The molecule has 0 spiro atoms. The van der Waals surface area contributed by atoms with Gasteiger partial charge in [0, 0.05) is 24.8 Å². The highest BCUT2D eigenvalue weighted by Crippen LogP contribution is 2.13. The Labute approximate surface area is 214 Å². The number of rotatable bonds is 11. The van der Waals surface area contributed by atoms with E-state index in [9.17, 15) is 14.7 Å². The van der Waals surface area contributed by atoms with Crippen LogP contribution in [0.25, 0.3) is 0 Å². The molecular formula is C25H32N4O6S. The number of amides is 2. The van der Waals surface area contributed by atoms with Crippen LogP contribution in [0.3, 0.4) is 0 Å². The summed E-state index contributed by atoms with van der Waals surface area (Å²) in [5.41, 5.74) is 5.35. The number of furan rings is 1. The fraction of sp³-hybridized carbons (Fsp3) is 0.400. The number of nitrogens with zero attached hydrogens (tertiary/aromatic N) is 2. The number of nitrogens with one attached hydrogen (secondary N) is 2. The molecule has 0 saturated heterocycles. The number of thiazole rings is 1. The highest BCUT2D eigenvalue weighted by Gasteiger charge is 2.27. The number of carbonyl (C=O) groups is 2. The molecule has 0 unspecified atom stereocenters. The smallest absolute Gasteiger partial charge is 0.422 e. The Morgan fingerprint density at radius 3 is 2.58 bits per heavy atom. The molecule has 3 rings (SSSR count). The normalized spacial score (nSPS) is 13.1. The van der Waals surface area contributed by atoms with Crippen molar-refractivity contribution >= 4 is 23.5 Å². The predicted octanol–water partition coefficient (Wildman–Crippen LogP) is 3.88. The lowest BCUT2D eigenvalue weighted by Crippen LogP contribution is -2.53. The van der Waals surface area contributed by atoms with E-state index >= 15 is 0 Å². The van der Waals surface area contributed by atoms with Gasteiger partial charge in [0.25, 0.3) is 0 Å². The van der Waals surface area contributed by atoms with Crippen molar-refractivity contribution in [2.45, 2.75) is 58.1 Å². The summed E-state index contributed by atoms with van der Waals surface area (Å²) in [5, 5.41) is 15.5. The van der Waals surface area contributed by atoms with E-state index in [1.807, 2.05) is 30.3 Å². The van der Waals surface area contributed by atoms with Gasteiger partial charge in [-0.2, -0.15) is 0 Å². The second-order valence-electron chi connectivity index (χ2n) is 9.18. The van der Waals surface area contributed by atoms with Crippen LogP contribution in [0.1, 0.15) is 36.8 Å². The number of carbonyl (C=O) groups excluding carboxylic acids is 2. The molecule has 1 aromatic carbocycles. The molecule has 0 aliphatic carbocycles. The van der Waals surface area contributed by atoms with Gasteiger partial charge < -0.3 is 24.3 Å². The summed E-state index contributed by atoms with van der Waals surface area (Å²) in [6.45, 7) is 5.62. The monoisotopic (exact) mass is 516 g/mol. The molecular weight excluding hydrogens is 484 g/mol. The molecule has 10 nitrogen and oxygen atoms in total. The van der Waals surface area contributed by atoms with E-state index in [4.69, 9.17) is 13.9 Å². The molecule has 0 aliphatic rings. The molecule has 3 aromatic rings. The van der Waals surface area contributed by atoms with Gasteiger partial charge in [0.05, 0.1) is 35.1 Å². The molecule has 2 amide bonds. The zero-order valence-electron chi connectivity index (χ0n) is 20.5. The fourth-order valence-corrected chi connectivity index (χ4v) is 3.84. The van der Waals surface area contributed by atoms with Crippen molar-refractivity contribution in [1.82, 2.24) is 20.7 Å². The number of aliphatic hydroxyl groups is 1. The summed E-state index contributed by atoms with van der Waals surface area (Å²) >= 11 is 1.38. The van der Waals surface area contributed by atoms with Crippen LogP contribution < -0.4 is 10.7 Å². The maximum absolute atomic E-state index is 12.5. The van der Waals surface area contributed by atoms with Gasteiger partial charge in [0.15, 0.2) is 0 Å². The number of aromatic nitrogens is 1. The largest absolute Gasteiger partial charge is 0.472 e. The molecule has 194 valence electrons. The average Bonchev–Trinajstić information content (AvgIpc) is 3.51. The van der Waals surface area contributed by atoms with Crippen molar-refractivity contribution in [2.75, 3.05) is 6.54 Å². The Morgan fingerprint density at radius 2 is 1.94 bits per heavy atom. The van der Waals surface area contributed by atoms with E-state index in [2.05, 4.69) is 15.7 Å². The Hall–Kier alpha value is -3.41. The molecule has 36 heavy (non-hydrogen) atoms. The van der Waals surface area contributed by atoms with E-state index in [-0.39, 0.29) is 19.7 Å². The molecule has 0 aliphatic heterocycles. The van der Waals surface area contributed by atoms with E-state index in [1.54, 1.807) is 44.8 Å². The van der Waals surface area contributed by atoms with Crippen molar-refractivity contribution in [3.05, 3.63) is 76.6 Å². The molecule has 0 saturated carbocycles. The average molecular weight is 517 g/mol. The number of ether oxygens (including phenoxy) is 2. The number of hydrazine groups is 1. The van der Waals surface area contributed by atoms with Crippen molar-refractivity contribution in [3.8, 4) is 0 Å². The van der Waals surface area contributed by atoms with Gasteiger partial charge in [-0.05, 0) is 38.8 Å². The molecule has 11 heteroatoms. The van der Waals surface area contributed by atoms with Crippen molar-refractivity contribution in [1.29, 1.82) is 0 Å². The Morgan fingerprint density at radius 1 is 1.17 bits per heavy atom. The van der Waals surface area contributed by atoms with Gasteiger partial charge in [0.1, 0.15) is 12.2 Å². The molecule has 0 fully saturated rings. The van der Waals surface area contributed by atoms with E-state index in [0.717, 1.165) is 16.0 Å². The first-order valence-corrected chi connectivity index (χ1v) is 12.3. The van der Waals surface area contributed by atoms with Crippen molar-refractivity contribution in [3.63, 3.8) is 0 Å². The fourth-order valence-electron chi connectivity index (χ4n) is 3.33. The number of hydrogen-bond donors (Lipinski definition) is 3. The van der Waals surface area contributed by atoms with Crippen LogP contribution in [0.4, 0.5) is 9.59 Å². The molecule has 2 aromatic heterocycles. The summed E-state index contributed by atoms with van der Waals surface area (Å²) in [7, 11) is 0. The van der Waals surface area contributed by atoms with Crippen LogP contribution in [0.2, 0.25) is 0 Å². The first-order chi connectivity index (χ1) is 17.2. The first kappa shape index (κ1) is 27.2. The van der Waals surface area contributed by atoms with Gasteiger partial charge in [-0.15, -0.1) is 11.3 Å². The van der Waals surface area contributed by atoms with E-state index in [1.165, 1.54) is 22.6 Å². The van der Waals surface area contributed by atoms with Gasteiger partial charge in [-0.25, -0.2) is 14.6 Å². The van der Waals surface area contributed by atoms with E-state index < -0.39 is 29.9 Å². The minimum absolute atomic E-state index is 0.00293. The maximum Gasteiger partial charge on any atom is 0.422 e. The topological polar surface area (TPSA) is 126 Å². The second kappa shape index (κ2) is 13.1. The zero-order valence-corrected chi connectivity index (χ0v) is 21.4. The quantitative estimate of drug-likeness (QED) is 0.328. The summed E-state index contributed by atoms with van der Waals surface area (Å²) in [5.74, 6) is 0. The van der Waals surface area contributed by atoms with Gasteiger partial charge >= 0.3 is 12.2 Å². The highest BCUT2D eigenvalue weighted by molar-refractivity contribution is 7.09. The van der Waals surface area contributed by atoms with Crippen LogP contribution in [0, 0.1) is 0 Å². The third kappa shape index (κ3) is 9.68. The van der Waals surface area contributed by atoms with Gasteiger partial charge in [0.2, 0.25) is 0 Å². The number of benzene rings is 1. The number of aliphatic hydroxyl groups excluding tert-OH is 1. The summed E-state index contributed by atoms with van der Waals surface area (Å²) < 4.78 is 15.8. The Balaban J connectivity index is 1.69. The molecule has 0 radical (unpaired) electrons. The molecule has 0 bridgehead atoms. The minimum Gasteiger partial charge on any atom is -0.472 e. The molecule has 3 N–H and O–H groups in total. The van der Waals surface area contributed by atoms with Crippen LogP contribution in [0.5, 0.6) is 0 Å². The van der Waals surface area contributed by atoms with Crippen molar-refractivity contribution in [2.24, 2.45) is 0 Å². The number of hydrogen-bond acceptors (Lipinski definition) is 9. The maximum atomic E-state index is 12.5.